The van der Waals surface area contributed by atoms with Gasteiger partial charge in [0, 0.05) is 12.1 Å². The molecule has 0 spiro atoms. The van der Waals surface area contributed by atoms with Crippen molar-refractivity contribution in [3.63, 3.8) is 0 Å². The van der Waals surface area contributed by atoms with Crippen LogP contribution in [0.4, 0.5) is 52.7 Å². The minimum absolute atomic E-state index is 0.161. The lowest BCUT2D eigenvalue weighted by molar-refractivity contribution is -0.416. The first-order chi connectivity index (χ1) is 12.9. The number of carbonyl (C=O) groups is 2. The molecule has 178 valence electrons. The lowest BCUT2D eigenvalue weighted by Gasteiger charge is -2.42. The van der Waals surface area contributed by atoms with Crippen LogP contribution in [-0.4, -0.2) is 69.5 Å². The van der Waals surface area contributed by atoms with Gasteiger partial charge in [0.2, 0.25) is 0 Å². The number of amides is 1. The van der Waals surface area contributed by atoms with Crippen molar-refractivity contribution in [3.8, 4) is 0 Å². The van der Waals surface area contributed by atoms with Gasteiger partial charge in [0.15, 0.2) is 0 Å². The van der Waals surface area contributed by atoms with Crippen LogP contribution < -0.4 is 0 Å². The summed E-state index contributed by atoms with van der Waals surface area (Å²) in [4.78, 5) is 21.6. The zero-order valence-electron chi connectivity index (χ0n) is 15.4. The van der Waals surface area contributed by atoms with Gasteiger partial charge in [-0.1, -0.05) is 0 Å². The van der Waals surface area contributed by atoms with Crippen LogP contribution >= 0.6 is 0 Å². The zero-order valence-corrected chi connectivity index (χ0v) is 15.4. The van der Waals surface area contributed by atoms with Crippen molar-refractivity contribution in [1.29, 1.82) is 0 Å². The summed E-state index contributed by atoms with van der Waals surface area (Å²) in [6.07, 6.45) is 0. The fraction of sp³-hybridized carbons (Fsp3) is 0.857. The van der Waals surface area contributed by atoms with E-state index in [1.165, 1.54) is 0 Å². The molecule has 0 aromatic rings. The van der Waals surface area contributed by atoms with Crippen molar-refractivity contribution >= 4 is 11.9 Å². The molecule has 0 saturated carbocycles. The molecule has 0 rings (SSSR count). The number of carbonyl (C=O) groups excluding carboxylic acids is 1. The largest absolute Gasteiger partial charge is 0.477 e. The molecule has 0 saturated heterocycles. The van der Waals surface area contributed by atoms with Crippen molar-refractivity contribution in [1.82, 2.24) is 4.90 Å². The SMILES string of the molecule is CC(C)N(C(=O)C(F)(F)C(F)(F)C(F)(F)C(F)(F)C(F)(F)C(F)(F)C(=O)O)C(C)C. The Morgan fingerprint density at radius 2 is 0.867 bits per heavy atom. The van der Waals surface area contributed by atoms with Crippen molar-refractivity contribution in [3.05, 3.63) is 0 Å². The Bertz CT molecular complexity index is 667. The number of nitrogens with zero attached hydrogens (tertiary/aromatic N) is 1. The van der Waals surface area contributed by atoms with Crippen LogP contribution in [0.2, 0.25) is 0 Å². The summed E-state index contributed by atoms with van der Waals surface area (Å²) < 4.78 is 162. The number of hydrogen-bond donors (Lipinski definition) is 1. The van der Waals surface area contributed by atoms with E-state index in [-0.39, 0.29) is 4.90 Å². The number of carboxylic acids is 1. The van der Waals surface area contributed by atoms with E-state index in [1.807, 2.05) is 0 Å². The molecule has 0 heterocycles. The summed E-state index contributed by atoms with van der Waals surface area (Å²) in [5, 5.41) is 7.85. The maximum atomic E-state index is 13.9. The van der Waals surface area contributed by atoms with Crippen molar-refractivity contribution < 1.29 is 67.4 Å². The van der Waals surface area contributed by atoms with Gasteiger partial charge >= 0.3 is 41.5 Å². The van der Waals surface area contributed by atoms with Crippen LogP contribution in [0.5, 0.6) is 0 Å². The maximum absolute atomic E-state index is 13.9. The number of aliphatic carboxylic acids is 1. The highest BCUT2D eigenvalue weighted by atomic mass is 19.4. The number of halogens is 12. The number of alkyl halides is 12. The molecule has 0 aliphatic carbocycles. The number of rotatable bonds is 9. The van der Waals surface area contributed by atoms with E-state index in [0.29, 0.717) is 0 Å². The standard InChI is InChI=1S/C14H15F12NO3/c1-5(2)27(6(3)4)7(28)9(15,16)11(19,20)13(23,24)14(25,26)12(21,22)10(17,18)8(29)30/h5-6H,1-4H3,(H,29,30). The highest BCUT2D eigenvalue weighted by Crippen LogP contribution is 2.60. The Labute approximate surface area is 160 Å². The lowest BCUT2D eigenvalue weighted by atomic mass is 9.90. The van der Waals surface area contributed by atoms with Crippen molar-refractivity contribution in [2.45, 2.75) is 75.3 Å². The topological polar surface area (TPSA) is 57.6 Å². The molecule has 30 heavy (non-hydrogen) atoms. The number of hydrogen-bond acceptors (Lipinski definition) is 2. The Morgan fingerprint density at radius 1 is 0.600 bits per heavy atom. The first-order valence-electron chi connectivity index (χ1n) is 7.70. The fourth-order valence-corrected chi connectivity index (χ4v) is 2.28. The Morgan fingerprint density at radius 3 is 1.10 bits per heavy atom. The zero-order chi connectivity index (χ0) is 24.9. The first kappa shape index (κ1) is 28.1. The predicted molar refractivity (Wildman–Crippen MR) is 74.4 cm³/mol. The van der Waals surface area contributed by atoms with Crippen LogP contribution in [0.3, 0.4) is 0 Å². The summed E-state index contributed by atoms with van der Waals surface area (Å²) in [5.74, 6) is -52.6. The molecule has 0 atom stereocenters. The van der Waals surface area contributed by atoms with Gasteiger partial charge in [-0.2, -0.15) is 52.7 Å². The van der Waals surface area contributed by atoms with Gasteiger partial charge in [0.1, 0.15) is 0 Å². The minimum Gasteiger partial charge on any atom is -0.477 e. The molecule has 0 bridgehead atoms. The van der Waals surface area contributed by atoms with Crippen LogP contribution in [0, 0.1) is 0 Å². The molecule has 4 nitrogen and oxygen atoms in total. The molecule has 1 amide bonds. The molecular formula is C14H15F12NO3. The fourth-order valence-electron chi connectivity index (χ4n) is 2.28. The van der Waals surface area contributed by atoms with Crippen LogP contribution in [0.15, 0.2) is 0 Å². The molecule has 16 heteroatoms. The first-order valence-corrected chi connectivity index (χ1v) is 7.70. The van der Waals surface area contributed by atoms with Gasteiger partial charge < -0.3 is 10.0 Å². The van der Waals surface area contributed by atoms with Gasteiger partial charge in [-0.05, 0) is 27.7 Å². The van der Waals surface area contributed by atoms with E-state index in [2.05, 4.69) is 0 Å². The normalized spacial score (nSPS) is 15.0. The second-order valence-electron chi connectivity index (χ2n) is 6.65. The predicted octanol–water partition coefficient (Wildman–Crippen LogP) is 4.53. The summed E-state index contributed by atoms with van der Waals surface area (Å²) >= 11 is 0. The molecular weight excluding hydrogens is 458 g/mol. The van der Waals surface area contributed by atoms with Crippen molar-refractivity contribution in [2.24, 2.45) is 0 Å². The average Bonchev–Trinajstić information content (AvgIpc) is 2.52. The molecule has 0 aromatic heterocycles. The summed E-state index contributed by atoms with van der Waals surface area (Å²) in [6.45, 7) is 3.72. The van der Waals surface area contributed by atoms with Gasteiger partial charge in [0.05, 0.1) is 0 Å². The Balaban J connectivity index is 6.67. The van der Waals surface area contributed by atoms with Crippen LogP contribution in [0.25, 0.3) is 0 Å². The lowest BCUT2D eigenvalue weighted by Crippen LogP contribution is -2.73. The van der Waals surface area contributed by atoms with E-state index in [4.69, 9.17) is 5.11 Å². The summed E-state index contributed by atoms with van der Waals surface area (Å²) in [5.41, 5.74) is 0. The average molecular weight is 473 g/mol. The maximum Gasteiger partial charge on any atom is 0.410 e. The van der Waals surface area contributed by atoms with Gasteiger partial charge in [-0.25, -0.2) is 4.79 Å². The van der Waals surface area contributed by atoms with Gasteiger partial charge in [-0.3, -0.25) is 4.79 Å². The minimum atomic E-state index is -8.05. The van der Waals surface area contributed by atoms with Crippen molar-refractivity contribution in [2.75, 3.05) is 0 Å². The monoisotopic (exact) mass is 473 g/mol. The van der Waals surface area contributed by atoms with Crippen LogP contribution in [0.1, 0.15) is 27.7 Å². The third kappa shape index (κ3) is 3.65. The molecule has 0 aliphatic heterocycles. The van der Waals surface area contributed by atoms with E-state index in [0.717, 1.165) is 27.7 Å². The van der Waals surface area contributed by atoms with Gasteiger partial charge in [0.25, 0.3) is 5.91 Å². The van der Waals surface area contributed by atoms with E-state index in [1.54, 1.807) is 0 Å². The number of carboxylic acid groups (broad SMARTS) is 1. The second-order valence-corrected chi connectivity index (χ2v) is 6.65. The molecule has 1 N–H and O–H groups in total. The Hall–Kier alpha value is -1.90. The highest BCUT2D eigenvalue weighted by molar-refractivity contribution is 5.85. The quantitative estimate of drug-likeness (QED) is 0.501. The molecule has 0 fully saturated rings. The smallest absolute Gasteiger partial charge is 0.410 e. The van der Waals surface area contributed by atoms with E-state index >= 15 is 0 Å². The molecule has 0 aliphatic rings. The third-order valence-electron chi connectivity index (χ3n) is 3.86. The van der Waals surface area contributed by atoms with E-state index in [9.17, 15) is 62.3 Å². The Kier molecular flexibility index (Phi) is 7.17. The molecule has 0 radical (unpaired) electrons. The van der Waals surface area contributed by atoms with E-state index < -0.39 is 59.5 Å². The molecule has 0 aromatic carbocycles. The van der Waals surface area contributed by atoms with Crippen LogP contribution in [-0.2, 0) is 9.59 Å². The third-order valence-corrected chi connectivity index (χ3v) is 3.86. The second kappa shape index (κ2) is 7.66. The molecule has 0 unspecified atom stereocenters. The highest BCUT2D eigenvalue weighted by Gasteiger charge is 2.92. The van der Waals surface area contributed by atoms with Gasteiger partial charge in [-0.15, -0.1) is 0 Å². The summed E-state index contributed by atoms with van der Waals surface area (Å²) in [7, 11) is 0. The summed E-state index contributed by atoms with van der Waals surface area (Å²) in [6, 6.07) is -2.79.